The molecule has 26 heavy (non-hydrogen) atoms. The Hall–Kier alpha value is -1.50. The van der Waals surface area contributed by atoms with E-state index in [1.807, 2.05) is 17.7 Å². The van der Waals surface area contributed by atoms with Crippen LogP contribution >= 0.6 is 39.1 Å². The normalized spacial score (nSPS) is 16.8. The Bertz CT molecular complexity index is 833. The number of hydrogen-bond donors (Lipinski definition) is 1. The predicted molar refractivity (Wildman–Crippen MR) is 107 cm³/mol. The maximum absolute atomic E-state index is 13.0. The first kappa shape index (κ1) is 19.3. The number of aromatic nitrogens is 1. The van der Waals surface area contributed by atoms with Gasteiger partial charge in [0.15, 0.2) is 0 Å². The van der Waals surface area contributed by atoms with Crippen LogP contribution in [0.5, 0.6) is 0 Å². The van der Waals surface area contributed by atoms with Gasteiger partial charge in [-0.05, 0) is 60.0 Å². The predicted octanol–water partition coefficient (Wildman–Crippen LogP) is 4.82. The first-order valence-corrected chi connectivity index (χ1v) is 9.87. The lowest BCUT2D eigenvalue weighted by atomic mass is 10.2. The summed E-state index contributed by atoms with van der Waals surface area (Å²) in [5, 5.41) is 3.70. The molecular formula is C18H18BrCl2N3O2. The minimum absolute atomic E-state index is 0.140. The number of amides is 2. The molecule has 2 aromatic rings. The third-order valence-electron chi connectivity index (χ3n) is 4.37. The number of anilines is 1. The van der Waals surface area contributed by atoms with Crippen LogP contribution in [0.3, 0.4) is 0 Å². The van der Waals surface area contributed by atoms with E-state index in [0.717, 1.165) is 10.9 Å². The van der Waals surface area contributed by atoms with E-state index in [-0.39, 0.29) is 11.8 Å². The van der Waals surface area contributed by atoms with Crippen LogP contribution < -0.4 is 5.32 Å². The zero-order valence-electron chi connectivity index (χ0n) is 14.1. The Morgan fingerprint density at radius 3 is 2.58 bits per heavy atom. The summed E-state index contributed by atoms with van der Waals surface area (Å²) in [6, 6.07) is 6.13. The van der Waals surface area contributed by atoms with Crippen molar-refractivity contribution in [2.75, 3.05) is 11.9 Å². The van der Waals surface area contributed by atoms with Crippen molar-refractivity contribution < 1.29 is 9.59 Å². The lowest BCUT2D eigenvalue weighted by Crippen LogP contribution is -2.43. The van der Waals surface area contributed by atoms with Gasteiger partial charge < -0.3 is 14.8 Å². The molecule has 1 atom stereocenters. The largest absolute Gasteiger partial charge is 0.343 e. The molecule has 1 aliphatic rings. The average Bonchev–Trinajstić information content (AvgIpc) is 3.19. The van der Waals surface area contributed by atoms with Crippen LogP contribution in [0.4, 0.5) is 5.69 Å². The summed E-state index contributed by atoms with van der Waals surface area (Å²) in [4.78, 5) is 27.3. The highest BCUT2D eigenvalue weighted by Crippen LogP contribution is 2.26. The third-order valence-corrected chi connectivity index (χ3v) is 5.24. The quantitative estimate of drug-likeness (QED) is 0.713. The SMILES string of the molecule is CCn1cc(Br)cc1C(=O)N1CCCC1C(=O)Nc1cc(Cl)cc(Cl)c1. The number of benzene rings is 1. The number of carbonyl (C=O) groups excluding carboxylic acids is 2. The van der Waals surface area contributed by atoms with E-state index in [2.05, 4.69) is 21.2 Å². The molecule has 0 bridgehead atoms. The fourth-order valence-electron chi connectivity index (χ4n) is 3.20. The van der Waals surface area contributed by atoms with Crippen LogP contribution in [0.15, 0.2) is 34.9 Å². The van der Waals surface area contributed by atoms with Gasteiger partial charge in [-0.25, -0.2) is 0 Å². The molecule has 1 N–H and O–H groups in total. The second kappa shape index (κ2) is 8.03. The number of hydrogen-bond acceptors (Lipinski definition) is 2. The Balaban J connectivity index is 1.78. The van der Waals surface area contributed by atoms with Gasteiger partial charge in [0.25, 0.3) is 5.91 Å². The van der Waals surface area contributed by atoms with E-state index in [4.69, 9.17) is 23.2 Å². The fraction of sp³-hybridized carbons (Fsp3) is 0.333. The molecule has 5 nitrogen and oxygen atoms in total. The zero-order valence-corrected chi connectivity index (χ0v) is 17.2. The van der Waals surface area contributed by atoms with Crippen molar-refractivity contribution in [3.8, 4) is 0 Å². The van der Waals surface area contributed by atoms with E-state index in [0.29, 0.717) is 40.9 Å². The van der Waals surface area contributed by atoms with Crippen molar-refractivity contribution in [2.24, 2.45) is 0 Å². The standard InChI is InChI=1S/C18H18BrCl2N3O2/c1-2-23-10-11(19)6-16(23)18(26)24-5-3-4-15(24)17(25)22-14-8-12(20)7-13(21)9-14/h6-10,15H,2-5H2,1H3,(H,22,25). The molecule has 0 spiro atoms. The number of halogens is 3. The number of carbonyl (C=O) groups is 2. The minimum atomic E-state index is -0.515. The van der Waals surface area contributed by atoms with Gasteiger partial charge in [0.05, 0.1) is 0 Å². The number of nitrogens with zero attached hydrogens (tertiary/aromatic N) is 2. The molecule has 2 amide bonds. The summed E-state index contributed by atoms with van der Waals surface area (Å²) in [5.74, 6) is -0.373. The van der Waals surface area contributed by atoms with Crippen molar-refractivity contribution in [3.63, 3.8) is 0 Å². The summed E-state index contributed by atoms with van der Waals surface area (Å²) in [5.41, 5.74) is 1.09. The van der Waals surface area contributed by atoms with Crippen LogP contribution in [-0.2, 0) is 11.3 Å². The molecule has 0 radical (unpaired) electrons. The minimum Gasteiger partial charge on any atom is -0.343 e. The smallest absolute Gasteiger partial charge is 0.271 e. The second-order valence-electron chi connectivity index (χ2n) is 6.13. The van der Waals surface area contributed by atoms with E-state index >= 15 is 0 Å². The maximum atomic E-state index is 13.0. The van der Waals surface area contributed by atoms with Crippen LogP contribution in [0.1, 0.15) is 30.3 Å². The molecule has 8 heteroatoms. The molecule has 1 saturated heterocycles. The van der Waals surface area contributed by atoms with Gasteiger partial charge in [0.2, 0.25) is 5.91 Å². The van der Waals surface area contributed by atoms with E-state index in [1.165, 1.54) is 0 Å². The highest BCUT2D eigenvalue weighted by molar-refractivity contribution is 9.10. The first-order chi connectivity index (χ1) is 12.4. The van der Waals surface area contributed by atoms with E-state index in [1.54, 1.807) is 29.2 Å². The lowest BCUT2D eigenvalue weighted by Gasteiger charge is -2.24. The lowest BCUT2D eigenvalue weighted by molar-refractivity contribution is -0.119. The highest BCUT2D eigenvalue weighted by atomic mass is 79.9. The monoisotopic (exact) mass is 457 g/mol. The Labute approximate surface area is 170 Å². The van der Waals surface area contributed by atoms with Crippen LogP contribution in [0.25, 0.3) is 0 Å². The van der Waals surface area contributed by atoms with Gasteiger partial charge in [0.1, 0.15) is 11.7 Å². The Morgan fingerprint density at radius 2 is 1.92 bits per heavy atom. The molecule has 138 valence electrons. The van der Waals surface area contributed by atoms with Crippen molar-refractivity contribution in [3.05, 3.63) is 50.7 Å². The zero-order chi connectivity index (χ0) is 18.8. The van der Waals surface area contributed by atoms with Crippen molar-refractivity contribution in [1.29, 1.82) is 0 Å². The van der Waals surface area contributed by atoms with Gasteiger partial charge in [-0.3, -0.25) is 9.59 Å². The molecule has 2 heterocycles. The van der Waals surface area contributed by atoms with Crippen LogP contribution in [-0.4, -0.2) is 33.9 Å². The summed E-state index contributed by atoms with van der Waals surface area (Å²) < 4.78 is 2.72. The highest BCUT2D eigenvalue weighted by Gasteiger charge is 2.35. The molecule has 1 aliphatic heterocycles. The Morgan fingerprint density at radius 1 is 1.23 bits per heavy atom. The topological polar surface area (TPSA) is 54.3 Å². The van der Waals surface area contributed by atoms with Crippen molar-refractivity contribution in [2.45, 2.75) is 32.4 Å². The van der Waals surface area contributed by atoms with Crippen molar-refractivity contribution in [1.82, 2.24) is 9.47 Å². The molecule has 1 aromatic carbocycles. The molecule has 3 rings (SSSR count). The summed E-state index contributed by atoms with van der Waals surface area (Å²) >= 11 is 15.4. The van der Waals surface area contributed by atoms with Gasteiger partial charge in [-0.15, -0.1) is 0 Å². The molecule has 1 unspecified atom stereocenters. The summed E-state index contributed by atoms with van der Waals surface area (Å²) in [7, 11) is 0. The third kappa shape index (κ3) is 4.08. The average molecular weight is 459 g/mol. The van der Waals surface area contributed by atoms with E-state index < -0.39 is 6.04 Å². The molecular weight excluding hydrogens is 441 g/mol. The number of aryl methyl sites for hydroxylation is 1. The molecule has 1 fully saturated rings. The molecule has 0 saturated carbocycles. The fourth-order valence-corrected chi connectivity index (χ4v) is 4.19. The van der Waals surface area contributed by atoms with Gasteiger partial charge in [-0.2, -0.15) is 0 Å². The van der Waals surface area contributed by atoms with Crippen LogP contribution in [0.2, 0.25) is 10.0 Å². The maximum Gasteiger partial charge on any atom is 0.271 e. The summed E-state index contributed by atoms with van der Waals surface area (Å²) in [6.07, 6.45) is 3.28. The molecule has 1 aromatic heterocycles. The second-order valence-corrected chi connectivity index (χ2v) is 7.92. The van der Waals surface area contributed by atoms with Crippen LogP contribution in [0, 0.1) is 0 Å². The van der Waals surface area contributed by atoms with Gasteiger partial charge >= 0.3 is 0 Å². The van der Waals surface area contributed by atoms with E-state index in [9.17, 15) is 9.59 Å². The Kier molecular flexibility index (Phi) is 5.95. The molecule has 0 aliphatic carbocycles. The number of nitrogens with one attached hydrogen (secondary N) is 1. The number of rotatable bonds is 4. The first-order valence-electron chi connectivity index (χ1n) is 8.32. The number of likely N-dealkylation sites (tertiary alicyclic amines) is 1. The van der Waals surface area contributed by atoms with Gasteiger partial charge in [-0.1, -0.05) is 23.2 Å². The van der Waals surface area contributed by atoms with Crippen molar-refractivity contribution >= 4 is 56.6 Å². The summed E-state index contributed by atoms with van der Waals surface area (Å²) in [6.45, 7) is 3.21. The van der Waals surface area contributed by atoms with Gasteiger partial charge in [0, 0.05) is 39.5 Å².